The van der Waals surface area contributed by atoms with Crippen molar-refractivity contribution in [2.75, 3.05) is 12.3 Å². The molecule has 0 aromatic heterocycles. The summed E-state index contributed by atoms with van der Waals surface area (Å²) in [6, 6.07) is 13.2. The molecular weight excluding hydrogens is 577 g/mol. The van der Waals surface area contributed by atoms with Gasteiger partial charge in [0.15, 0.2) is 29.1 Å². The predicted molar refractivity (Wildman–Crippen MR) is 163 cm³/mol. The van der Waals surface area contributed by atoms with E-state index in [1.165, 1.54) is 12.2 Å². The van der Waals surface area contributed by atoms with Crippen molar-refractivity contribution in [1.82, 2.24) is 0 Å². The fourth-order valence-corrected chi connectivity index (χ4v) is 9.71. The largest absolute Gasteiger partial charge is 0.398 e. The predicted octanol–water partition coefficient (Wildman–Crippen LogP) is 4.05. The highest BCUT2D eigenvalue weighted by Gasteiger charge is 2.79. The molecule has 0 unspecified atom stereocenters. The number of ether oxygens (including phenoxy) is 2. The maximum atomic E-state index is 17.6. The molecule has 1 heterocycles. The smallest absolute Gasteiger partial charge is 0.193 e. The van der Waals surface area contributed by atoms with Crippen LogP contribution in [0, 0.1) is 22.7 Å². The Hall–Kier alpha value is -3.21. The highest BCUT2D eigenvalue weighted by atomic mass is 19.1. The van der Waals surface area contributed by atoms with Crippen LogP contribution in [0.15, 0.2) is 66.3 Å². The van der Waals surface area contributed by atoms with E-state index in [4.69, 9.17) is 15.2 Å². The molecule has 45 heavy (non-hydrogen) atoms. The van der Waals surface area contributed by atoms with Gasteiger partial charge in [0.05, 0.1) is 18.8 Å². The third-order valence-corrected chi connectivity index (χ3v) is 12.0. The summed E-state index contributed by atoms with van der Waals surface area (Å²) in [4.78, 5) is 26.0. The zero-order valence-corrected chi connectivity index (χ0v) is 25.5. The van der Waals surface area contributed by atoms with Crippen molar-refractivity contribution >= 4 is 17.3 Å². The van der Waals surface area contributed by atoms with Crippen molar-refractivity contribution in [2.24, 2.45) is 22.7 Å². The Balaban J connectivity index is 1.21. The molecule has 1 aliphatic heterocycles. The van der Waals surface area contributed by atoms with E-state index in [0.29, 0.717) is 48.1 Å². The SMILES string of the molecule is C[C@]12C=CC(=O)C=C1CC[C@H]1[C@@H]3C[C@H]4O[C@@H](c5cccc(Cc6ccc(CO)c(N)c6)c5)O[C@@]4(C(=O)CO)[C@@]3(C)C[C@H](O)[C@@]12F. The van der Waals surface area contributed by atoms with E-state index < -0.39 is 58.9 Å². The molecule has 4 aliphatic carbocycles. The number of fused-ring (bicyclic) bond motifs is 7. The number of carbonyl (C=O) groups excluding carboxylic acids is 2. The molecule has 5 N–H and O–H groups in total. The number of benzene rings is 2. The fourth-order valence-electron chi connectivity index (χ4n) is 9.71. The molecule has 9 atom stereocenters. The Morgan fingerprint density at radius 3 is 2.62 bits per heavy atom. The lowest BCUT2D eigenvalue weighted by Gasteiger charge is -2.62. The van der Waals surface area contributed by atoms with Gasteiger partial charge in [-0.15, -0.1) is 0 Å². The minimum Gasteiger partial charge on any atom is -0.398 e. The average molecular weight is 618 g/mol. The van der Waals surface area contributed by atoms with E-state index in [0.717, 1.165) is 11.1 Å². The summed E-state index contributed by atoms with van der Waals surface area (Å²) < 4.78 is 30.8. The van der Waals surface area contributed by atoms with E-state index >= 15 is 4.39 Å². The van der Waals surface area contributed by atoms with Gasteiger partial charge in [-0.2, -0.15) is 0 Å². The quantitative estimate of drug-likeness (QED) is 0.356. The molecule has 2 aromatic rings. The summed E-state index contributed by atoms with van der Waals surface area (Å²) in [5.74, 6) is -1.68. The van der Waals surface area contributed by atoms with E-state index in [1.54, 1.807) is 19.1 Å². The molecule has 0 bridgehead atoms. The second-order valence-corrected chi connectivity index (χ2v) is 14.0. The Bertz CT molecular complexity index is 1640. The normalized spacial score (nSPS) is 39.9. The summed E-state index contributed by atoms with van der Waals surface area (Å²) in [6.07, 6.45) is 3.21. The molecular formula is C36H40FNO7. The van der Waals surface area contributed by atoms with Crippen LogP contribution >= 0.6 is 0 Å². The Labute approximate surface area is 261 Å². The minimum absolute atomic E-state index is 0.0566. The van der Waals surface area contributed by atoms with Crippen molar-refractivity contribution in [3.8, 4) is 0 Å². The number of Topliss-reactive ketones (excluding diaryl/α,β-unsaturated/α-hetero) is 1. The summed E-state index contributed by atoms with van der Waals surface area (Å²) in [6.45, 7) is 2.74. The summed E-state index contributed by atoms with van der Waals surface area (Å²) in [7, 11) is 0. The zero-order chi connectivity index (χ0) is 31.9. The Morgan fingerprint density at radius 2 is 1.89 bits per heavy atom. The fraction of sp³-hybridized carbons (Fsp3) is 0.500. The number of aliphatic hydroxyl groups excluding tert-OH is 3. The molecule has 1 saturated heterocycles. The van der Waals surface area contributed by atoms with Crippen LogP contribution in [0.3, 0.4) is 0 Å². The number of anilines is 1. The van der Waals surface area contributed by atoms with Gasteiger partial charge in [0.2, 0.25) is 0 Å². The number of hydrogen-bond donors (Lipinski definition) is 4. The molecule has 0 spiro atoms. The van der Waals surface area contributed by atoms with Gasteiger partial charge in [-0.05, 0) is 74.3 Å². The molecule has 0 amide bonds. The van der Waals surface area contributed by atoms with Crippen molar-refractivity contribution in [3.63, 3.8) is 0 Å². The first kappa shape index (κ1) is 30.4. The summed E-state index contributed by atoms with van der Waals surface area (Å²) in [5.41, 5.74) is 4.82. The van der Waals surface area contributed by atoms with Crippen molar-refractivity contribution in [2.45, 2.75) is 82.3 Å². The van der Waals surface area contributed by atoms with Gasteiger partial charge in [0.25, 0.3) is 0 Å². The van der Waals surface area contributed by atoms with Crippen molar-refractivity contribution < 1.29 is 38.8 Å². The van der Waals surface area contributed by atoms with E-state index in [-0.39, 0.29) is 24.7 Å². The van der Waals surface area contributed by atoms with Crippen LogP contribution in [-0.2, 0) is 32.1 Å². The van der Waals surface area contributed by atoms with Crippen LogP contribution in [-0.4, -0.2) is 57.0 Å². The first-order valence-electron chi connectivity index (χ1n) is 15.8. The Kier molecular flexibility index (Phi) is 7.04. The van der Waals surface area contributed by atoms with E-state index in [1.807, 2.05) is 43.3 Å². The highest BCUT2D eigenvalue weighted by Crippen LogP contribution is 2.72. The number of nitrogen functional groups attached to an aromatic ring is 1. The zero-order valence-electron chi connectivity index (χ0n) is 25.5. The van der Waals surface area contributed by atoms with Crippen LogP contribution in [0.25, 0.3) is 0 Å². The number of carbonyl (C=O) groups is 2. The molecule has 238 valence electrons. The van der Waals surface area contributed by atoms with Gasteiger partial charge in [-0.3, -0.25) is 9.59 Å². The third kappa shape index (κ3) is 4.07. The lowest BCUT2D eigenvalue weighted by molar-refractivity contribution is -0.231. The van der Waals surface area contributed by atoms with E-state index in [9.17, 15) is 24.9 Å². The molecule has 8 nitrogen and oxygen atoms in total. The maximum Gasteiger partial charge on any atom is 0.193 e. The number of rotatable bonds is 6. The second-order valence-electron chi connectivity index (χ2n) is 14.0. The van der Waals surface area contributed by atoms with Gasteiger partial charge < -0.3 is 30.5 Å². The van der Waals surface area contributed by atoms with Crippen LogP contribution < -0.4 is 5.73 Å². The standard InChI is InChI=1S/C36H40FNO7/c1-33-11-10-25(41)15-24(33)8-9-26-27-16-31-36(30(43)19-40,34(27,2)17-29(42)35(26,33)37)45-32(44-31)22-5-3-4-20(13-22)12-21-6-7-23(18-39)28(38)14-21/h3-7,10-11,13-15,26-27,29,31-32,39-40,42H,8-9,12,16-19,38H2,1-2H3/t26-,27-,29-,31+,32+,33-,34-,35-,36+/m0/s1. The van der Waals surface area contributed by atoms with E-state index in [2.05, 4.69) is 0 Å². The Morgan fingerprint density at radius 1 is 1.11 bits per heavy atom. The molecule has 0 radical (unpaired) electrons. The average Bonchev–Trinajstić information content (AvgIpc) is 3.51. The second kappa shape index (κ2) is 10.4. The number of alkyl halides is 1. The van der Waals surface area contributed by atoms with Crippen LogP contribution in [0.4, 0.5) is 10.1 Å². The first-order valence-corrected chi connectivity index (χ1v) is 15.8. The number of nitrogens with two attached hydrogens (primary N) is 1. The minimum atomic E-state index is -2.05. The van der Waals surface area contributed by atoms with Gasteiger partial charge in [0, 0.05) is 33.6 Å². The summed E-state index contributed by atoms with van der Waals surface area (Å²) >= 11 is 0. The number of hydrogen-bond acceptors (Lipinski definition) is 8. The van der Waals surface area contributed by atoms with Gasteiger partial charge in [0.1, 0.15) is 6.61 Å². The van der Waals surface area contributed by atoms with Gasteiger partial charge in [-0.25, -0.2) is 4.39 Å². The number of allylic oxidation sites excluding steroid dienone is 4. The molecule has 7 rings (SSSR count). The van der Waals surface area contributed by atoms with Crippen molar-refractivity contribution in [1.29, 1.82) is 0 Å². The molecule has 4 fully saturated rings. The summed E-state index contributed by atoms with van der Waals surface area (Å²) in [5, 5.41) is 31.4. The third-order valence-electron chi connectivity index (χ3n) is 12.0. The monoisotopic (exact) mass is 617 g/mol. The molecule has 2 aromatic carbocycles. The number of aliphatic hydroxyl groups is 3. The number of halogens is 1. The molecule has 3 saturated carbocycles. The highest BCUT2D eigenvalue weighted by molar-refractivity contribution is 6.01. The number of ketones is 2. The maximum absolute atomic E-state index is 17.6. The van der Waals surface area contributed by atoms with Crippen molar-refractivity contribution in [3.05, 3.63) is 88.5 Å². The lowest BCUT2D eigenvalue weighted by atomic mass is 9.44. The van der Waals surface area contributed by atoms with Crippen LogP contribution in [0.1, 0.15) is 68.1 Å². The first-order chi connectivity index (χ1) is 21.4. The van der Waals surface area contributed by atoms with Crippen LogP contribution in [0.5, 0.6) is 0 Å². The van der Waals surface area contributed by atoms with Gasteiger partial charge >= 0.3 is 0 Å². The topological polar surface area (TPSA) is 139 Å². The van der Waals surface area contributed by atoms with Gasteiger partial charge in [-0.1, -0.05) is 55.0 Å². The van der Waals surface area contributed by atoms with Crippen LogP contribution in [0.2, 0.25) is 0 Å². The lowest BCUT2D eigenvalue weighted by Crippen LogP contribution is -2.69. The molecule has 9 heteroatoms. The molecule has 5 aliphatic rings.